The Balaban J connectivity index is 2.47. The molecule has 0 aromatic heterocycles. The molecular weight excluding hydrogens is 330 g/mol. The van der Waals surface area contributed by atoms with Gasteiger partial charge in [0.2, 0.25) is 0 Å². The number of para-hydroxylation sites is 2. The molecule has 0 fully saturated rings. The molecule has 0 aliphatic carbocycles. The third kappa shape index (κ3) is 8.99. The maximum atomic E-state index is 12.1. The molecule has 2 N–H and O–H groups in total. The van der Waals surface area contributed by atoms with Gasteiger partial charge >= 0.3 is 11.9 Å². The number of hydrogen-bond acceptors (Lipinski definition) is 5. The molecule has 0 bridgehead atoms. The zero-order valence-corrected chi connectivity index (χ0v) is 16.2. The van der Waals surface area contributed by atoms with E-state index < -0.39 is 12.0 Å². The van der Waals surface area contributed by atoms with E-state index in [4.69, 9.17) is 15.2 Å². The summed E-state index contributed by atoms with van der Waals surface area (Å²) >= 11 is 0. The third-order valence-electron chi connectivity index (χ3n) is 4.19. The molecule has 5 nitrogen and oxygen atoms in total. The van der Waals surface area contributed by atoms with Crippen LogP contribution in [0.3, 0.4) is 0 Å². The summed E-state index contributed by atoms with van der Waals surface area (Å²) in [6.45, 7) is 4.22. The fourth-order valence-electron chi connectivity index (χ4n) is 2.57. The quantitative estimate of drug-likeness (QED) is 0.310. The first-order valence-electron chi connectivity index (χ1n) is 9.85. The van der Waals surface area contributed by atoms with Crippen LogP contribution in [0.25, 0.3) is 0 Å². The van der Waals surface area contributed by atoms with Gasteiger partial charge in [-0.1, -0.05) is 70.9 Å². The summed E-state index contributed by atoms with van der Waals surface area (Å²) in [5.74, 6) is -0.308. The summed E-state index contributed by atoms with van der Waals surface area (Å²) < 4.78 is 10.7. The Hall–Kier alpha value is -1.88. The van der Waals surface area contributed by atoms with Gasteiger partial charge in [-0.25, -0.2) is 4.79 Å². The minimum atomic E-state index is -0.665. The molecule has 1 aromatic carbocycles. The molecule has 1 unspecified atom stereocenters. The van der Waals surface area contributed by atoms with Crippen LogP contribution < -0.4 is 15.2 Å². The average Bonchev–Trinajstić information content (AvgIpc) is 2.64. The second-order valence-electron chi connectivity index (χ2n) is 6.61. The number of unbranched alkanes of at least 4 members (excludes halogenated alkanes) is 6. The van der Waals surface area contributed by atoms with Gasteiger partial charge in [-0.2, -0.15) is 0 Å². The highest BCUT2D eigenvalue weighted by atomic mass is 16.6. The Labute approximate surface area is 157 Å². The second-order valence-corrected chi connectivity index (χ2v) is 6.61. The Morgan fingerprint density at radius 2 is 1.46 bits per heavy atom. The maximum absolute atomic E-state index is 12.1. The minimum absolute atomic E-state index is 0.237. The van der Waals surface area contributed by atoms with Gasteiger partial charge in [0.05, 0.1) is 0 Å². The van der Waals surface area contributed by atoms with Crippen molar-refractivity contribution in [1.29, 1.82) is 0 Å². The first-order chi connectivity index (χ1) is 12.6. The van der Waals surface area contributed by atoms with Crippen LogP contribution in [0, 0.1) is 0 Å². The fourth-order valence-corrected chi connectivity index (χ4v) is 2.57. The largest absolute Gasteiger partial charge is 0.423 e. The lowest BCUT2D eigenvalue weighted by Crippen LogP contribution is -2.34. The summed E-state index contributed by atoms with van der Waals surface area (Å²) in [7, 11) is 0. The lowest BCUT2D eigenvalue weighted by atomic mass is 10.1. The topological polar surface area (TPSA) is 78.6 Å². The number of hydrogen-bond donors (Lipinski definition) is 1. The van der Waals surface area contributed by atoms with Crippen molar-refractivity contribution < 1.29 is 19.1 Å². The summed E-state index contributed by atoms with van der Waals surface area (Å²) in [6.07, 6.45) is 9.42. The standard InChI is InChI=1S/C21H33NO4/c1-3-5-7-8-9-10-16-20(23)25-18-14-11-12-15-19(18)26-21(24)17(22)13-6-4-2/h11-12,14-15,17H,3-10,13,16,22H2,1-2H3. The van der Waals surface area contributed by atoms with E-state index in [9.17, 15) is 9.59 Å². The molecule has 1 rings (SSSR count). The Morgan fingerprint density at radius 1 is 0.885 bits per heavy atom. The van der Waals surface area contributed by atoms with Crippen molar-refractivity contribution in [3.8, 4) is 11.5 Å². The van der Waals surface area contributed by atoms with E-state index >= 15 is 0 Å². The zero-order valence-electron chi connectivity index (χ0n) is 16.2. The van der Waals surface area contributed by atoms with Crippen LogP contribution in [0.5, 0.6) is 11.5 Å². The fraction of sp³-hybridized carbons (Fsp3) is 0.619. The number of ether oxygens (including phenoxy) is 2. The number of carbonyl (C=O) groups is 2. The highest BCUT2D eigenvalue weighted by Gasteiger charge is 2.18. The average molecular weight is 363 g/mol. The van der Waals surface area contributed by atoms with Gasteiger partial charge in [-0.15, -0.1) is 0 Å². The van der Waals surface area contributed by atoms with E-state index in [1.54, 1.807) is 24.3 Å². The molecule has 5 heteroatoms. The molecule has 0 aliphatic rings. The van der Waals surface area contributed by atoms with Gasteiger partial charge < -0.3 is 15.2 Å². The molecule has 1 atom stereocenters. The van der Waals surface area contributed by atoms with Crippen LogP contribution in [0.4, 0.5) is 0 Å². The van der Waals surface area contributed by atoms with Crippen molar-refractivity contribution >= 4 is 11.9 Å². The molecule has 0 heterocycles. The van der Waals surface area contributed by atoms with E-state index in [-0.39, 0.29) is 17.5 Å². The second kappa shape index (κ2) is 13.3. The monoisotopic (exact) mass is 363 g/mol. The van der Waals surface area contributed by atoms with Crippen LogP contribution in [0.1, 0.15) is 78.1 Å². The molecule has 26 heavy (non-hydrogen) atoms. The zero-order chi connectivity index (χ0) is 19.2. The predicted octanol–water partition coefficient (Wildman–Crippen LogP) is 4.77. The van der Waals surface area contributed by atoms with E-state index in [2.05, 4.69) is 6.92 Å². The van der Waals surface area contributed by atoms with Crippen molar-refractivity contribution in [1.82, 2.24) is 0 Å². The van der Waals surface area contributed by atoms with Gasteiger partial charge in [0, 0.05) is 6.42 Å². The number of benzene rings is 1. The van der Waals surface area contributed by atoms with E-state index in [0.717, 1.165) is 32.1 Å². The lowest BCUT2D eigenvalue weighted by molar-refractivity contribution is -0.138. The normalized spacial score (nSPS) is 11.8. The Morgan fingerprint density at radius 3 is 2.12 bits per heavy atom. The maximum Gasteiger partial charge on any atom is 0.328 e. The van der Waals surface area contributed by atoms with E-state index in [0.29, 0.717) is 12.8 Å². The minimum Gasteiger partial charge on any atom is -0.423 e. The molecule has 0 saturated heterocycles. The molecule has 0 amide bonds. The van der Waals surface area contributed by atoms with Crippen molar-refractivity contribution in [2.24, 2.45) is 5.73 Å². The van der Waals surface area contributed by atoms with Crippen LogP contribution in [-0.2, 0) is 9.59 Å². The van der Waals surface area contributed by atoms with Crippen LogP contribution in [0.15, 0.2) is 24.3 Å². The molecule has 146 valence electrons. The molecular formula is C21H33NO4. The SMILES string of the molecule is CCCCCCCCC(=O)Oc1ccccc1OC(=O)C(N)CCCC. The van der Waals surface area contributed by atoms with E-state index in [1.165, 1.54) is 19.3 Å². The molecule has 0 radical (unpaired) electrons. The first-order valence-corrected chi connectivity index (χ1v) is 9.85. The third-order valence-corrected chi connectivity index (χ3v) is 4.19. The summed E-state index contributed by atoms with van der Waals surface area (Å²) in [5.41, 5.74) is 5.84. The highest BCUT2D eigenvalue weighted by Crippen LogP contribution is 2.27. The van der Waals surface area contributed by atoms with Crippen molar-refractivity contribution in [2.75, 3.05) is 0 Å². The van der Waals surface area contributed by atoms with Crippen LogP contribution in [-0.4, -0.2) is 18.0 Å². The Bertz CT molecular complexity index is 545. The lowest BCUT2D eigenvalue weighted by Gasteiger charge is -2.13. The van der Waals surface area contributed by atoms with E-state index in [1.807, 2.05) is 6.92 Å². The predicted molar refractivity (Wildman–Crippen MR) is 103 cm³/mol. The van der Waals surface area contributed by atoms with Crippen molar-refractivity contribution in [3.05, 3.63) is 24.3 Å². The molecule has 0 spiro atoms. The van der Waals surface area contributed by atoms with Crippen LogP contribution in [0.2, 0.25) is 0 Å². The van der Waals surface area contributed by atoms with Gasteiger partial charge in [-0.3, -0.25) is 4.79 Å². The summed E-state index contributed by atoms with van der Waals surface area (Å²) in [4.78, 5) is 24.1. The summed E-state index contributed by atoms with van der Waals surface area (Å²) in [5, 5.41) is 0. The van der Waals surface area contributed by atoms with Gasteiger partial charge in [0.15, 0.2) is 11.5 Å². The van der Waals surface area contributed by atoms with Gasteiger partial charge in [-0.05, 0) is 25.0 Å². The smallest absolute Gasteiger partial charge is 0.328 e. The Kier molecular flexibility index (Phi) is 11.4. The molecule has 1 aromatic rings. The van der Waals surface area contributed by atoms with Crippen LogP contribution >= 0.6 is 0 Å². The summed E-state index contributed by atoms with van der Waals surface area (Å²) in [6, 6.07) is 6.03. The number of carbonyl (C=O) groups excluding carboxylic acids is 2. The van der Waals surface area contributed by atoms with Crippen molar-refractivity contribution in [3.63, 3.8) is 0 Å². The molecule has 0 saturated carbocycles. The van der Waals surface area contributed by atoms with Gasteiger partial charge in [0.25, 0.3) is 0 Å². The first kappa shape index (κ1) is 22.2. The number of nitrogens with two attached hydrogens (primary N) is 1. The van der Waals surface area contributed by atoms with Crippen molar-refractivity contribution in [2.45, 2.75) is 84.1 Å². The van der Waals surface area contributed by atoms with Gasteiger partial charge in [0.1, 0.15) is 6.04 Å². The molecule has 0 aliphatic heterocycles. The highest BCUT2D eigenvalue weighted by molar-refractivity contribution is 5.79. The number of esters is 2. The number of rotatable bonds is 13.